The Balaban J connectivity index is 1.73. The molecule has 0 fully saturated rings. The Morgan fingerprint density at radius 2 is 2.09 bits per heavy atom. The molecule has 116 valence electrons. The Morgan fingerprint density at radius 1 is 1.36 bits per heavy atom. The summed E-state index contributed by atoms with van der Waals surface area (Å²) in [6, 6.07) is 0. The Kier molecular flexibility index (Phi) is 5.24. The van der Waals surface area contributed by atoms with E-state index >= 15 is 0 Å². The second-order valence-electron chi connectivity index (χ2n) is 4.91. The highest BCUT2D eigenvalue weighted by molar-refractivity contribution is 5.91. The van der Waals surface area contributed by atoms with E-state index < -0.39 is 0 Å². The third kappa shape index (κ3) is 4.41. The minimum Gasteiger partial charge on any atom is -0.368 e. The predicted octanol–water partition coefficient (Wildman–Crippen LogP) is 1.43. The van der Waals surface area contributed by atoms with Crippen LogP contribution in [0.15, 0.2) is 23.0 Å². The molecule has 7 heteroatoms. The molecule has 0 aliphatic heterocycles. The highest BCUT2D eigenvalue weighted by atomic mass is 16.5. The van der Waals surface area contributed by atoms with Gasteiger partial charge in [0.1, 0.15) is 5.76 Å². The van der Waals surface area contributed by atoms with E-state index in [2.05, 4.69) is 20.4 Å². The fraction of sp³-hybridized carbons (Fsp3) is 0.333. The Morgan fingerprint density at radius 3 is 2.73 bits per heavy atom. The first-order valence-corrected chi connectivity index (χ1v) is 7.01. The summed E-state index contributed by atoms with van der Waals surface area (Å²) in [7, 11) is 0. The maximum Gasteiger partial charge on any atom is 0.244 e. The summed E-state index contributed by atoms with van der Waals surface area (Å²) in [5, 5.41) is 6.73. The number of hydrogen-bond donors (Lipinski definition) is 2. The minimum absolute atomic E-state index is 0.157. The van der Waals surface area contributed by atoms with Crippen LogP contribution in [0.25, 0.3) is 6.08 Å². The minimum atomic E-state index is -0.157. The first-order chi connectivity index (χ1) is 10.6. The van der Waals surface area contributed by atoms with Gasteiger partial charge in [-0.25, -0.2) is 9.97 Å². The molecule has 22 heavy (non-hydrogen) atoms. The lowest BCUT2D eigenvalue weighted by molar-refractivity contribution is -0.116. The molecule has 7 nitrogen and oxygen atoms in total. The van der Waals surface area contributed by atoms with Gasteiger partial charge in [0, 0.05) is 36.1 Å². The molecule has 0 aliphatic carbocycles. The van der Waals surface area contributed by atoms with Crippen LogP contribution in [-0.4, -0.2) is 27.6 Å². The van der Waals surface area contributed by atoms with Gasteiger partial charge in [-0.1, -0.05) is 5.16 Å². The van der Waals surface area contributed by atoms with Crippen molar-refractivity contribution in [1.29, 1.82) is 0 Å². The van der Waals surface area contributed by atoms with Crippen molar-refractivity contribution in [2.75, 3.05) is 12.3 Å². The molecule has 3 N–H and O–H groups in total. The summed E-state index contributed by atoms with van der Waals surface area (Å²) in [6.07, 6.45) is 7.87. The fourth-order valence-corrected chi connectivity index (χ4v) is 2.00. The Bertz CT molecular complexity index is 642. The zero-order chi connectivity index (χ0) is 15.9. The number of nitrogens with zero attached hydrogens (tertiary/aromatic N) is 3. The van der Waals surface area contributed by atoms with Crippen molar-refractivity contribution in [3.8, 4) is 0 Å². The Labute approximate surface area is 128 Å². The fourth-order valence-electron chi connectivity index (χ4n) is 2.00. The summed E-state index contributed by atoms with van der Waals surface area (Å²) in [5.74, 6) is 0.892. The number of nitrogens with one attached hydrogen (secondary N) is 1. The topological polar surface area (TPSA) is 107 Å². The lowest BCUT2D eigenvalue weighted by Crippen LogP contribution is -2.22. The standard InChI is InChI=1S/C15H19N5O2/c1-10-13(11(2)22-20-10)4-3-7-17-14(21)6-5-12-8-18-15(16)19-9-12/h5-6,8-9H,3-4,7H2,1-2H3,(H,17,21)(H2,16,18,19)/b6-5+. The van der Waals surface area contributed by atoms with Crippen molar-refractivity contribution in [1.82, 2.24) is 20.4 Å². The van der Waals surface area contributed by atoms with Crippen LogP contribution in [0.3, 0.4) is 0 Å². The first-order valence-electron chi connectivity index (χ1n) is 7.01. The third-order valence-corrected chi connectivity index (χ3v) is 3.20. The van der Waals surface area contributed by atoms with E-state index in [1.165, 1.54) is 6.08 Å². The van der Waals surface area contributed by atoms with Crippen molar-refractivity contribution in [2.24, 2.45) is 0 Å². The molecule has 0 saturated heterocycles. The lowest BCUT2D eigenvalue weighted by atomic mass is 10.1. The van der Waals surface area contributed by atoms with Gasteiger partial charge in [0.15, 0.2) is 0 Å². The molecule has 1 amide bonds. The maximum atomic E-state index is 11.7. The van der Waals surface area contributed by atoms with Gasteiger partial charge in [-0.2, -0.15) is 0 Å². The second-order valence-corrected chi connectivity index (χ2v) is 4.91. The van der Waals surface area contributed by atoms with E-state index in [4.69, 9.17) is 10.3 Å². The van der Waals surface area contributed by atoms with Gasteiger partial charge in [0.05, 0.1) is 5.69 Å². The van der Waals surface area contributed by atoms with Crippen LogP contribution in [0.1, 0.15) is 29.0 Å². The van der Waals surface area contributed by atoms with E-state index in [1.807, 2.05) is 13.8 Å². The van der Waals surface area contributed by atoms with Crippen molar-refractivity contribution >= 4 is 17.9 Å². The first kappa shape index (κ1) is 15.7. The van der Waals surface area contributed by atoms with Crippen molar-refractivity contribution in [2.45, 2.75) is 26.7 Å². The van der Waals surface area contributed by atoms with Gasteiger partial charge < -0.3 is 15.6 Å². The van der Waals surface area contributed by atoms with Crippen LogP contribution in [0, 0.1) is 13.8 Å². The van der Waals surface area contributed by atoms with Gasteiger partial charge in [-0.05, 0) is 32.8 Å². The molecule has 0 aliphatic rings. The van der Waals surface area contributed by atoms with E-state index in [-0.39, 0.29) is 11.9 Å². The predicted molar refractivity (Wildman–Crippen MR) is 82.8 cm³/mol. The normalized spacial score (nSPS) is 11.0. The molecule has 2 aromatic rings. The van der Waals surface area contributed by atoms with E-state index in [0.717, 1.165) is 35.4 Å². The molecule has 2 rings (SSSR count). The van der Waals surface area contributed by atoms with E-state index in [0.29, 0.717) is 6.54 Å². The maximum absolute atomic E-state index is 11.7. The molecule has 2 aromatic heterocycles. The number of anilines is 1. The highest BCUT2D eigenvalue weighted by Crippen LogP contribution is 2.13. The SMILES string of the molecule is Cc1noc(C)c1CCCNC(=O)/C=C/c1cnc(N)nc1. The molecule has 2 heterocycles. The number of rotatable bonds is 6. The molecule has 0 atom stereocenters. The molecule has 0 saturated carbocycles. The number of nitrogen functional groups attached to an aromatic ring is 1. The van der Waals surface area contributed by atoms with Gasteiger partial charge in [-0.15, -0.1) is 0 Å². The largest absolute Gasteiger partial charge is 0.368 e. The molecular weight excluding hydrogens is 282 g/mol. The van der Waals surface area contributed by atoms with Crippen LogP contribution < -0.4 is 11.1 Å². The number of carbonyl (C=O) groups excluding carboxylic acids is 1. The molecular formula is C15H19N5O2. The second kappa shape index (κ2) is 7.35. The van der Waals surface area contributed by atoms with Crippen LogP contribution in [0.4, 0.5) is 5.95 Å². The van der Waals surface area contributed by atoms with Crippen LogP contribution in [0.2, 0.25) is 0 Å². The van der Waals surface area contributed by atoms with E-state index in [1.54, 1.807) is 18.5 Å². The molecule has 0 aromatic carbocycles. The summed E-state index contributed by atoms with van der Waals surface area (Å²) < 4.78 is 5.10. The quantitative estimate of drug-likeness (QED) is 0.617. The van der Waals surface area contributed by atoms with Crippen molar-refractivity contribution < 1.29 is 9.32 Å². The highest BCUT2D eigenvalue weighted by Gasteiger charge is 2.08. The zero-order valence-corrected chi connectivity index (χ0v) is 12.7. The van der Waals surface area contributed by atoms with Crippen molar-refractivity contribution in [3.05, 3.63) is 41.1 Å². The molecule has 0 radical (unpaired) electrons. The van der Waals surface area contributed by atoms with Gasteiger partial charge in [0.2, 0.25) is 11.9 Å². The number of carbonyl (C=O) groups is 1. The number of amides is 1. The van der Waals surface area contributed by atoms with Gasteiger partial charge in [0.25, 0.3) is 0 Å². The third-order valence-electron chi connectivity index (χ3n) is 3.20. The molecule has 0 bridgehead atoms. The van der Waals surface area contributed by atoms with Crippen molar-refractivity contribution in [3.63, 3.8) is 0 Å². The number of nitrogens with two attached hydrogens (primary N) is 1. The van der Waals surface area contributed by atoms with Gasteiger partial charge >= 0.3 is 0 Å². The summed E-state index contributed by atoms with van der Waals surface area (Å²) in [4.78, 5) is 19.4. The summed E-state index contributed by atoms with van der Waals surface area (Å²) in [6.45, 7) is 4.40. The smallest absolute Gasteiger partial charge is 0.244 e. The van der Waals surface area contributed by atoms with E-state index in [9.17, 15) is 4.79 Å². The number of aromatic nitrogens is 3. The molecule has 0 spiro atoms. The monoisotopic (exact) mass is 301 g/mol. The average molecular weight is 301 g/mol. The molecule has 0 unspecified atom stereocenters. The Hall–Kier alpha value is -2.70. The average Bonchev–Trinajstić information content (AvgIpc) is 2.82. The summed E-state index contributed by atoms with van der Waals surface area (Å²) in [5.41, 5.74) is 8.13. The van der Waals surface area contributed by atoms with Crippen LogP contribution >= 0.6 is 0 Å². The number of aryl methyl sites for hydroxylation is 2. The number of hydrogen-bond acceptors (Lipinski definition) is 6. The van der Waals surface area contributed by atoms with Crippen LogP contribution in [-0.2, 0) is 11.2 Å². The summed E-state index contributed by atoms with van der Waals surface area (Å²) >= 11 is 0. The lowest BCUT2D eigenvalue weighted by Gasteiger charge is -2.02. The van der Waals surface area contributed by atoms with Gasteiger partial charge in [-0.3, -0.25) is 4.79 Å². The zero-order valence-electron chi connectivity index (χ0n) is 12.7. The van der Waals surface area contributed by atoms with Crippen LogP contribution in [0.5, 0.6) is 0 Å².